The minimum absolute atomic E-state index is 0.197. The van der Waals surface area contributed by atoms with Gasteiger partial charge in [-0.05, 0) is 49.2 Å². The van der Waals surface area contributed by atoms with Gasteiger partial charge in [-0.25, -0.2) is 9.07 Å². The van der Waals surface area contributed by atoms with Gasteiger partial charge < -0.3 is 5.32 Å². The first kappa shape index (κ1) is 20.5. The van der Waals surface area contributed by atoms with Crippen molar-refractivity contribution in [1.82, 2.24) is 24.9 Å². The first-order chi connectivity index (χ1) is 15.0. The predicted molar refractivity (Wildman–Crippen MR) is 117 cm³/mol. The van der Waals surface area contributed by atoms with Crippen LogP contribution in [0.5, 0.6) is 0 Å². The fraction of sp³-hybridized carbons (Fsp3) is 0.208. The highest BCUT2D eigenvalue weighted by Crippen LogP contribution is 2.25. The molecule has 4 aromatic rings. The largest absolute Gasteiger partial charge is 0.352 e. The number of rotatable bonds is 7. The lowest BCUT2D eigenvalue weighted by Gasteiger charge is -2.13. The SMILES string of the molecule is Cc1cccc(-c2nn(-c3ccc(F)cc3)cc2C(=O)NCC(C)Cn2cccn2)c1. The molecule has 0 bridgehead atoms. The van der Waals surface area contributed by atoms with Gasteiger partial charge in [0.2, 0.25) is 0 Å². The maximum absolute atomic E-state index is 13.3. The lowest BCUT2D eigenvalue weighted by Crippen LogP contribution is -2.30. The van der Waals surface area contributed by atoms with Crippen molar-refractivity contribution in [2.75, 3.05) is 6.54 Å². The van der Waals surface area contributed by atoms with Gasteiger partial charge in [0.05, 0.1) is 11.3 Å². The van der Waals surface area contributed by atoms with Crippen LogP contribution in [0.2, 0.25) is 0 Å². The quantitative estimate of drug-likeness (QED) is 0.489. The van der Waals surface area contributed by atoms with Crippen LogP contribution in [0.25, 0.3) is 16.9 Å². The van der Waals surface area contributed by atoms with Crippen LogP contribution < -0.4 is 5.32 Å². The van der Waals surface area contributed by atoms with Crippen molar-refractivity contribution < 1.29 is 9.18 Å². The normalized spacial score (nSPS) is 12.0. The number of amides is 1. The third kappa shape index (κ3) is 4.88. The molecular weight excluding hydrogens is 393 g/mol. The van der Waals surface area contributed by atoms with Gasteiger partial charge in [0.15, 0.2) is 0 Å². The van der Waals surface area contributed by atoms with Crippen molar-refractivity contribution in [2.45, 2.75) is 20.4 Å². The number of nitrogens with zero attached hydrogens (tertiary/aromatic N) is 4. The molecule has 4 rings (SSSR count). The monoisotopic (exact) mass is 417 g/mol. The minimum Gasteiger partial charge on any atom is -0.352 e. The van der Waals surface area contributed by atoms with Crippen LogP contribution in [-0.2, 0) is 6.54 Å². The molecule has 0 radical (unpaired) electrons. The van der Waals surface area contributed by atoms with Crippen LogP contribution in [0.15, 0.2) is 73.2 Å². The van der Waals surface area contributed by atoms with Crippen molar-refractivity contribution in [3.63, 3.8) is 0 Å². The van der Waals surface area contributed by atoms with Crippen LogP contribution in [-0.4, -0.2) is 32.0 Å². The molecule has 2 aromatic heterocycles. The zero-order valence-electron chi connectivity index (χ0n) is 17.5. The van der Waals surface area contributed by atoms with E-state index < -0.39 is 0 Å². The molecule has 158 valence electrons. The molecule has 0 saturated heterocycles. The molecule has 2 aromatic carbocycles. The lowest BCUT2D eigenvalue weighted by molar-refractivity contribution is 0.0947. The average Bonchev–Trinajstić information content (AvgIpc) is 3.43. The summed E-state index contributed by atoms with van der Waals surface area (Å²) >= 11 is 0. The molecule has 6 nitrogen and oxygen atoms in total. The first-order valence-corrected chi connectivity index (χ1v) is 10.2. The van der Waals surface area contributed by atoms with Gasteiger partial charge in [0.25, 0.3) is 5.91 Å². The highest BCUT2D eigenvalue weighted by atomic mass is 19.1. The number of halogens is 1. The summed E-state index contributed by atoms with van der Waals surface area (Å²) in [7, 11) is 0. The molecule has 1 atom stereocenters. The Morgan fingerprint density at radius 3 is 2.68 bits per heavy atom. The zero-order chi connectivity index (χ0) is 21.8. The van der Waals surface area contributed by atoms with E-state index in [4.69, 9.17) is 0 Å². The minimum atomic E-state index is -0.320. The number of aromatic nitrogens is 4. The molecule has 0 spiro atoms. The summed E-state index contributed by atoms with van der Waals surface area (Å²) in [5, 5.41) is 11.9. The van der Waals surface area contributed by atoms with E-state index in [1.165, 1.54) is 12.1 Å². The number of aryl methyl sites for hydroxylation is 1. The van der Waals surface area contributed by atoms with Gasteiger partial charge in [-0.2, -0.15) is 10.2 Å². The van der Waals surface area contributed by atoms with Gasteiger partial charge in [0, 0.05) is 37.2 Å². The fourth-order valence-corrected chi connectivity index (χ4v) is 3.43. The van der Waals surface area contributed by atoms with Crippen molar-refractivity contribution >= 4 is 5.91 Å². The fourth-order valence-electron chi connectivity index (χ4n) is 3.43. The molecule has 1 amide bonds. The van der Waals surface area contributed by atoms with Crippen LogP contribution in [0.3, 0.4) is 0 Å². The van der Waals surface area contributed by atoms with Gasteiger partial charge in [-0.3, -0.25) is 9.48 Å². The number of benzene rings is 2. The Morgan fingerprint density at radius 2 is 1.97 bits per heavy atom. The molecule has 1 N–H and O–H groups in total. The summed E-state index contributed by atoms with van der Waals surface area (Å²) in [5.74, 6) is -0.311. The zero-order valence-corrected chi connectivity index (χ0v) is 17.5. The molecular formula is C24H24FN5O. The van der Waals surface area contributed by atoms with Gasteiger partial charge >= 0.3 is 0 Å². The standard InChI is InChI=1S/C24H24FN5O/c1-17-5-3-6-19(13-17)23-22(16-30(28-23)21-9-7-20(25)8-10-21)24(31)26-14-18(2)15-29-12-4-11-27-29/h3-13,16,18H,14-15H2,1-2H3,(H,26,31). The molecule has 0 aliphatic carbocycles. The smallest absolute Gasteiger partial charge is 0.255 e. The van der Waals surface area contributed by atoms with Crippen LogP contribution in [0.1, 0.15) is 22.8 Å². The Morgan fingerprint density at radius 1 is 1.16 bits per heavy atom. The van der Waals surface area contributed by atoms with Crippen molar-refractivity contribution in [3.8, 4) is 16.9 Å². The van der Waals surface area contributed by atoms with Crippen molar-refractivity contribution in [2.24, 2.45) is 5.92 Å². The first-order valence-electron chi connectivity index (χ1n) is 10.2. The third-order valence-corrected chi connectivity index (χ3v) is 5.01. The van der Waals surface area contributed by atoms with Crippen molar-refractivity contribution in [3.05, 3.63) is 90.1 Å². The second-order valence-electron chi connectivity index (χ2n) is 7.73. The summed E-state index contributed by atoms with van der Waals surface area (Å²) in [6.07, 6.45) is 5.34. The van der Waals surface area contributed by atoms with Crippen LogP contribution in [0.4, 0.5) is 4.39 Å². The average molecular weight is 417 g/mol. The van der Waals surface area contributed by atoms with Gasteiger partial charge in [-0.1, -0.05) is 30.7 Å². The Labute approximate surface area is 180 Å². The molecule has 0 aliphatic rings. The number of carbonyl (C=O) groups is 1. The summed E-state index contributed by atoms with van der Waals surface area (Å²) < 4.78 is 16.8. The predicted octanol–water partition coefficient (Wildman–Crippen LogP) is 4.25. The Balaban J connectivity index is 1.59. The summed E-state index contributed by atoms with van der Waals surface area (Å²) in [6, 6.07) is 15.8. The molecule has 31 heavy (non-hydrogen) atoms. The highest BCUT2D eigenvalue weighted by molar-refractivity contribution is 6.00. The van der Waals surface area contributed by atoms with E-state index in [-0.39, 0.29) is 17.6 Å². The molecule has 0 fully saturated rings. The molecule has 7 heteroatoms. The van der Waals surface area contributed by atoms with E-state index in [0.29, 0.717) is 30.0 Å². The van der Waals surface area contributed by atoms with E-state index in [9.17, 15) is 9.18 Å². The number of hydrogen-bond acceptors (Lipinski definition) is 3. The number of hydrogen-bond donors (Lipinski definition) is 1. The molecule has 2 heterocycles. The van der Waals surface area contributed by atoms with Gasteiger partial charge in [-0.15, -0.1) is 0 Å². The topological polar surface area (TPSA) is 64.7 Å². The lowest BCUT2D eigenvalue weighted by atomic mass is 10.1. The summed E-state index contributed by atoms with van der Waals surface area (Å²) in [4.78, 5) is 13.1. The van der Waals surface area contributed by atoms with Gasteiger partial charge in [0.1, 0.15) is 11.5 Å². The molecule has 0 aliphatic heterocycles. The van der Waals surface area contributed by atoms with E-state index in [0.717, 1.165) is 11.1 Å². The summed E-state index contributed by atoms with van der Waals surface area (Å²) in [6.45, 7) is 5.28. The Hall–Kier alpha value is -3.74. The van der Waals surface area contributed by atoms with E-state index >= 15 is 0 Å². The van der Waals surface area contributed by atoms with E-state index in [1.807, 2.05) is 48.1 Å². The Bertz CT molecular complexity index is 1170. The second kappa shape index (κ2) is 8.95. The van der Waals surface area contributed by atoms with Crippen LogP contribution >= 0.6 is 0 Å². The second-order valence-corrected chi connectivity index (χ2v) is 7.73. The van der Waals surface area contributed by atoms with Crippen LogP contribution in [0, 0.1) is 18.7 Å². The van der Waals surface area contributed by atoms with E-state index in [2.05, 4.69) is 22.4 Å². The third-order valence-electron chi connectivity index (χ3n) is 5.01. The highest BCUT2D eigenvalue weighted by Gasteiger charge is 2.19. The van der Waals surface area contributed by atoms with E-state index in [1.54, 1.807) is 29.2 Å². The Kier molecular flexibility index (Phi) is 5.93. The maximum Gasteiger partial charge on any atom is 0.255 e. The number of carbonyl (C=O) groups excluding carboxylic acids is 1. The summed E-state index contributed by atoms with van der Waals surface area (Å²) in [5.41, 5.74) is 3.68. The molecule has 0 saturated carbocycles. The number of nitrogens with one attached hydrogen (secondary N) is 1. The van der Waals surface area contributed by atoms with Crippen molar-refractivity contribution in [1.29, 1.82) is 0 Å². The molecule has 1 unspecified atom stereocenters. The maximum atomic E-state index is 13.3.